The molecule has 22 heavy (non-hydrogen) atoms. The summed E-state index contributed by atoms with van der Waals surface area (Å²) < 4.78 is 11.9. The third-order valence-corrected chi connectivity index (χ3v) is 4.44. The molecule has 0 unspecified atom stereocenters. The molecule has 120 valence electrons. The lowest BCUT2D eigenvalue weighted by atomic mass is 9.86. The predicted octanol–water partition coefficient (Wildman–Crippen LogP) is 1.84. The van der Waals surface area contributed by atoms with Gasteiger partial charge in [0.25, 0.3) is 5.91 Å². The van der Waals surface area contributed by atoms with Crippen molar-refractivity contribution in [1.82, 2.24) is 10.3 Å². The van der Waals surface area contributed by atoms with Crippen LogP contribution in [0.1, 0.15) is 43.1 Å². The first kappa shape index (κ1) is 15.2. The van der Waals surface area contributed by atoms with Gasteiger partial charge in [0.15, 0.2) is 11.5 Å². The second-order valence-electron chi connectivity index (χ2n) is 6.23. The van der Waals surface area contributed by atoms with Crippen molar-refractivity contribution in [3.63, 3.8) is 0 Å². The smallest absolute Gasteiger partial charge is 0.273 e. The van der Waals surface area contributed by atoms with Crippen LogP contribution in [0.15, 0.2) is 18.3 Å². The number of hydrogen-bond donors (Lipinski definition) is 2. The van der Waals surface area contributed by atoms with Crippen LogP contribution in [0.2, 0.25) is 0 Å². The summed E-state index contributed by atoms with van der Waals surface area (Å²) in [5, 5.41) is 12.4. The fourth-order valence-electron chi connectivity index (χ4n) is 3.04. The molecule has 1 aliphatic heterocycles. The quantitative estimate of drug-likeness (QED) is 0.890. The van der Waals surface area contributed by atoms with Crippen LogP contribution in [0.5, 0.6) is 5.75 Å². The fourth-order valence-corrected chi connectivity index (χ4v) is 3.04. The minimum absolute atomic E-state index is 0.0302. The van der Waals surface area contributed by atoms with Crippen LogP contribution < -0.4 is 5.32 Å². The Hall–Kier alpha value is -1.66. The second kappa shape index (κ2) is 6.22. The van der Waals surface area contributed by atoms with Crippen molar-refractivity contribution in [1.29, 1.82) is 0 Å². The minimum atomic E-state index is -0.449. The van der Waals surface area contributed by atoms with Gasteiger partial charge in [-0.25, -0.2) is 4.98 Å². The first-order valence-corrected chi connectivity index (χ1v) is 7.82. The molecule has 2 fully saturated rings. The van der Waals surface area contributed by atoms with Gasteiger partial charge in [0.05, 0.1) is 6.61 Å². The molecule has 6 nitrogen and oxygen atoms in total. The maximum atomic E-state index is 12.0. The van der Waals surface area contributed by atoms with Crippen LogP contribution in [-0.4, -0.2) is 41.0 Å². The number of hydrogen-bond acceptors (Lipinski definition) is 5. The van der Waals surface area contributed by atoms with Gasteiger partial charge in [-0.3, -0.25) is 4.79 Å². The Balaban J connectivity index is 1.51. The van der Waals surface area contributed by atoms with Crippen LogP contribution >= 0.6 is 0 Å². The zero-order valence-electron chi connectivity index (χ0n) is 12.7. The summed E-state index contributed by atoms with van der Waals surface area (Å²) in [6.45, 7) is 3.09. The Morgan fingerprint density at radius 2 is 2.27 bits per heavy atom. The van der Waals surface area contributed by atoms with E-state index in [0.29, 0.717) is 13.2 Å². The lowest BCUT2D eigenvalue weighted by Crippen LogP contribution is -2.38. The van der Waals surface area contributed by atoms with Gasteiger partial charge < -0.3 is 19.9 Å². The summed E-state index contributed by atoms with van der Waals surface area (Å²) in [6, 6.07) is 3.02. The highest BCUT2D eigenvalue weighted by Gasteiger charge is 2.43. The third-order valence-electron chi connectivity index (χ3n) is 4.44. The Morgan fingerprint density at radius 1 is 1.50 bits per heavy atom. The highest BCUT2D eigenvalue weighted by atomic mass is 16.7. The number of nitrogens with one attached hydrogen (secondary N) is 1. The molecule has 1 aromatic heterocycles. The number of rotatable bonds is 3. The maximum absolute atomic E-state index is 12.0. The SMILES string of the molecule is CC1CCC2(CC1)OC[C@H](CNC(=O)c1ncccc1O)O2. The molecular weight excluding hydrogens is 284 g/mol. The van der Waals surface area contributed by atoms with Gasteiger partial charge >= 0.3 is 0 Å². The van der Waals surface area contributed by atoms with E-state index in [1.807, 2.05) is 0 Å². The molecule has 0 aromatic carbocycles. The van der Waals surface area contributed by atoms with E-state index in [4.69, 9.17) is 9.47 Å². The van der Waals surface area contributed by atoms with E-state index in [1.54, 1.807) is 6.07 Å². The number of aromatic hydroxyl groups is 1. The summed E-state index contributed by atoms with van der Waals surface area (Å²) in [5.74, 6) is -0.250. The molecule has 3 rings (SSSR count). The summed E-state index contributed by atoms with van der Waals surface area (Å²) >= 11 is 0. The van der Waals surface area contributed by atoms with Crippen molar-refractivity contribution >= 4 is 5.91 Å². The van der Waals surface area contributed by atoms with Gasteiger partial charge in [0, 0.05) is 25.6 Å². The monoisotopic (exact) mass is 306 g/mol. The maximum Gasteiger partial charge on any atom is 0.273 e. The summed E-state index contributed by atoms with van der Waals surface area (Å²) in [7, 11) is 0. The third kappa shape index (κ3) is 3.23. The number of amides is 1. The van der Waals surface area contributed by atoms with E-state index >= 15 is 0 Å². The molecule has 1 atom stereocenters. The number of aromatic nitrogens is 1. The Kier molecular flexibility index (Phi) is 4.31. The Morgan fingerprint density at radius 3 is 3.00 bits per heavy atom. The number of carbonyl (C=O) groups is 1. The summed E-state index contributed by atoms with van der Waals surface area (Å²) in [5.41, 5.74) is 0.0302. The second-order valence-corrected chi connectivity index (χ2v) is 6.23. The van der Waals surface area contributed by atoms with E-state index in [9.17, 15) is 9.90 Å². The number of pyridine rings is 1. The first-order chi connectivity index (χ1) is 10.6. The molecular formula is C16H22N2O4. The average Bonchev–Trinajstić information content (AvgIpc) is 2.92. The minimum Gasteiger partial charge on any atom is -0.505 e. The summed E-state index contributed by atoms with van der Waals surface area (Å²) in [4.78, 5) is 15.9. The zero-order chi connectivity index (χ0) is 15.6. The molecule has 2 N–H and O–H groups in total. The van der Waals surface area contributed by atoms with Crippen molar-refractivity contribution in [2.45, 2.75) is 44.5 Å². The van der Waals surface area contributed by atoms with Crippen molar-refractivity contribution in [3.05, 3.63) is 24.0 Å². The van der Waals surface area contributed by atoms with Crippen LogP contribution in [-0.2, 0) is 9.47 Å². The fraction of sp³-hybridized carbons (Fsp3) is 0.625. The molecule has 2 heterocycles. The van der Waals surface area contributed by atoms with E-state index in [-0.39, 0.29) is 17.5 Å². The molecule has 1 amide bonds. The van der Waals surface area contributed by atoms with E-state index in [2.05, 4.69) is 17.2 Å². The molecule has 6 heteroatoms. The van der Waals surface area contributed by atoms with Gasteiger partial charge in [-0.15, -0.1) is 0 Å². The number of carbonyl (C=O) groups excluding carboxylic acids is 1. The topological polar surface area (TPSA) is 80.7 Å². The van der Waals surface area contributed by atoms with Crippen molar-refractivity contribution in [2.24, 2.45) is 5.92 Å². The Labute approximate surface area is 129 Å². The van der Waals surface area contributed by atoms with Gasteiger partial charge in [-0.2, -0.15) is 0 Å². The average molecular weight is 306 g/mol. The molecule has 1 aromatic rings. The number of nitrogens with zero attached hydrogens (tertiary/aromatic N) is 1. The Bertz CT molecular complexity index is 541. The predicted molar refractivity (Wildman–Crippen MR) is 79.4 cm³/mol. The number of ether oxygens (including phenoxy) is 2. The normalized spacial score (nSPS) is 31.3. The van der Waals surface area contributed by atoms with Crippen LogP contribution in [0, 0.1) is 5.92 Å². The van der Waals surface area contributed by atoms with E-state index in [0.717, 1.165) is 31.6 Å². The van der Waals surface area contributed by atoms with E-state index in [1.165, 1.54) is 12.3 Å². The molecule has 1 spiro atoms. The van der Waals surface area contributed by atoms with Gasteiger partial charge in [-0.1, -0.05) is 6.92 Å². The summed E-state index contributed by atoms with van der Waals surface area (Å²) in [6.07, 6.45) is 5.38. The van der Waals surface area contributed by atoms with Crippen molar-refractivity contribution in [3.8, 4) is 5.75 Å². The lowest BCUT2D eigenvalue weighted by molar-refractivity contribution is -0.191. The molecule has 1 aliphatic carbocycles. The van der Waals surface area contributed by atoms with Gasteiger partial charge in [0.2, 0.25) is 0 Å². The molecule has 0 bridgehead atoms. The molecule has 1 saturated carbocycles. The van der Waals surface area contributed by atoms with Gasteiger partial charge in [0.1, 0.15) is 11.9 Å². The molecule has 2 aliphatic rings. The van der Waals surface area contributed by atoms with Crippen LogP contribution in [0.25, 0.3) is 0 Å². The highest BCUT2D eigenvalue weighted by molar-refractivity contribution is 5.94. The van der Waals surface area contributed by atoms with Crippen molar-refractivity contribution < 1.29 is 19.4 Å². The largest absolute Gasteiger partial charge is 0.505 e. The standard InChI is InChI=1S/C16H22N2O4/c1-11-4-6-16(7-5-11)21-10-12(22-16)9-18-15(20)14-13(19)3-2-8-17-14/h2-3,8,11-12,19H,4-7,9-10H2,1H3,(H,18,20)/t11?,12-,16?/m0/s1. The highest BCUT2D eigenvalue weighted by Crippen LogP contribution is 2.39. The lowest BCUT2D eigenvalue weighted by Gasteiger charge is -2.34. The van der Waals surface area contributed by atoms with Crippen LogP contribution in [0.3, 0.4) is 0 Å². The van der Waals surface area contributed by atoms with E-state index < -0.39 is 11.7 Å². The van der Waals surface area contributed by atoms with Crippen LogP contribution in [0.4, 0.5) is 0 Å². The van der Waals surface area contributed by atoms with Gasteiger partial charge in [-0.05, 0) is 30.9 Å². The molecule has 0 radical (unpaired) electrons. The first-order valence-electron chi connectivity index (χ1n) is 7.82. The zero-order valence-corrected chi connectivity index (χ0v) is 12.7. The molecule has 1 saturated heterocycles. The van der Waals surface area contributed by atoms with Crippen molar-refractivity contribution in [2.75, 3.05) is 13.2 Å².